The third kappa shape index (κ3) is 4.80. The van der Waals surface area contributed by atoms with E-state index in [1.807, 2.05) is 0 Å². The molecule has 1 heterocycles. The molecular weight excluding hydrogens is 354 g/mol. The van der Waals surface area contributed by atoms with Crippen LogP contribution in [0.5, 0.6) is 0 Å². The van der Waals surface area contributed by atoms with Crippen LogP contribution in [0, 0.1) is 0 Å². The molecule has 26 heavy (non-hydrogen) atoms. The summed E-state index contributed by atoms with van der Waals surface area (Å²) in [6.45, 7) is 9.37. The normalized spacial score (nSPS) is 12.2. The van der Waals surface area contributed by atoms with Gasteiger partial charge < -0.3 is 9.84 Å². The number of hydrogen-bond donors (Lipinski definition) is 1. The summed E-state index contributed by atoms with van der Waals surface area (Å²) in [7, 11) is -3.84. The molecule has 0 saturated carbocycles. The van der Waals surface area contributed by atoms with Crippen molar-refractivity contribution in [2.24, 2.45) is 0 Å². The molecule has 0 unspecified atom stereocenters. The standard InChI is InChI=1S/C18H23N3O4S/c1-5-11-21(13-17(22)19-16-10-12-25-20-16)26(23,24)15-8-6-14(7-9-15)18(2,3)4/h5-10,12H,1,11,13H2,2-4H3,(H,19,20,22). The number of benzene rings is 1. The van der Waals surface area contributed by atoms with Crippen molar-refractivity contribution >= 4 is 21.7 Å². The van der Waals surface area contributed by atoms with E-state index in [0.717, 1.165) is 9.87 Å². The predicted octanol–water partition coefficient (Wildman–Crippen LogP) is 2.79. The number of rotatable bonds is 7. The van der Waals surface area contributed by atoms with Gasteiger partial charge in [0.2, 0.25) is 15.9 Å². The zero-order valence-corrected chi connectivity index (χ0v) is 15.9. The molecule has 1 aromatic heterocycles. The minimum atomic E-state index is -3.84. The largest absolute Gasteiger partial charge is 0.363 e. The first-order valence-corrected chi connectivity index (χ1v) is 9.50. The Morgan fingerprint density at radius 2 is 1.92 bits per heavy atom. The van der Waals surface area contributed by atoms with Gasteiger partial charge in [-0.2, -0.15) is 4.31 Å². The lowest BCUT2D eigenvalue weighted by Gasteiger charge is -2.22. The Hall–Kier alpha value is -2.45. The van der Waals surface area contributed by atoms with Gasteiger partial charge in [-0.3, -0.25) is 4.79 Å². The maximum absolute atomic E-state index is 12.9. The Morgan fingerprint density at radius 3 is 2.42 bits per heavy atom. The van der Waals surface area contributed by atoms with Gasteiger partial charge in [0.15, 0.2) is 5.82 Å². The van der Waals surface area contributed by atoms with Crippen LogP contribution in [0.1, 0.15) is 26.3 Å². The molecule has 0 fully saturated rings. The number of aromatic nitrogens is 1. The van der Waals surface area contributed by atoms with E-state index >= 15 is 0 Å². The van der Waals surface area contributed by atoms with Gasteiger partial charge in [0, 0.05) is 12.6 Å². The molecular formula is C18H23N3O4S. The maximum Gasteiger partial charge on any atom is 0.243 e. The van der Waals surface area contributed by atoms with Crippen LogP contribution in [0.2, 0.25) is 0 Å². The monoisotopic (exact) mass is 377 g/mol. The SMILES string of the molecule is C=CCN(CC(=O)Nc1ccon1)S(=O)(=O)c1ccc(C(C)(C)C)cc1. The first kappa shape index (κ1) is 19.9. The van der Waals surface area contributed by atoms with Crippen molar-refractivity contribution in [3.05, 3.63) is 54.8 Å². The van der Waals surface area contributed by atoms with Crippen LogP contribution in [-0.4, -0.2) is 36.9 Å². The molecule has 0 aliphatic carbocycles. The third-order valence-corrected chi connectivity index (χ3v) is 5.54. The van der Waals surface area contributed by atoms with Crippen LogP contribution in [-0.2, 0) is 20.2 Å². The number of hydrogen-bond acceptors (Lipinski definition) is 5. The lowest BCUT2D eigenvalue weighted by atomic mass is 9.87. The van der Waals surface area contributed by atoms with Crippen LogP contribution in [0.25, 0.3) is 0 Å². The van der Waals surface area contributed by atoms with Gasteiger partial charge >= 0.3 is 0 Å². The van der Waals surface area contributed by atoms with E-state index in [4.69, 9.17) is 0 Å². The highest BCUT2D eigenvalue weighted by Crippen LogP contribution is 2.24. The fourth-order valence-electron chi connectivity index (χ4n) is 2.29. The summed E-state index contributed by atoms with van der Waals surface area (Å²) in [6.07, 6.45) is 2.75. The first-order chi connectivity index (χ1) is 12.1. The number of anilines is 1. The number of nitrogens with zero attached hydrogens (tertiary/aromatic N) is 2. The van der Waals surface area contributed by atoms with Crippen molar-refractivity contribution < 1.29 is 17.7 Å². The summed E-state index contributed by atoms with van der Waals surface area (Å²) in [5.74, 6) is -0.295. The van der Waals surface area contributed by atoms with Crippen molar-refractivity contribution in [2.75, 3.05) is 18.4 Å². The summed E-state index contributed by atoms with van der Waals surface area (Å²) in [6, 6.07) is 8.15. The van der Waals surface area contributed by atoms with E-state index in [0.29, 0.717) is 0 Å². The molecule has 0 spiro atoms. The van der Waals surface area contributed by atoms with Crippen LogP contribution < -0.4 is 5.32 Å². The Bertz CT molecular complexity index is 851. The Balaban J connectivity index is 2.21. The van der Waals surface area contributed by atoms with Gasteiger partial charge in [-0.15, -0.1) is 6.58 Å². The van der Waals surface area contributed by atoms with E-state index in [1.54, 1.807) is 24.3 Å². The van der Waals surface area contributed by atoms with Crippen LogP contribution >= 0.6 is 0 Å². The Morgan fingerprint density at radius 1 is 1.27 bits per heavy atom. The predicted molar refractivity (Wildman–Crippen MR) is 99.2 cm³/mol. The zero-order valence-electron chi connectivity index (χ0n) is 15.1. The average molecular weight is 377 g/mol. The highest BCUT2D eigenvalue weighted by Gasteiger charge is 2.26. The summed E-state index contributed by atoms with van der Waals surface area (Å²) in [5, 5.41) is 6.05. The Labute approximate surface area is 153 Å². The molecule has 0 atom stereocenters. The smallest absolute Gasteiger partial charge is 0.243 e. The second-order valence-electron chi connectivity index (χ2n) is 6.79. The van der Waals surface area contributed by atoms with Crippen molar-refractivity contribution in [2.45, 2.75) is 31.1 Å². The topological polar surface area (TPSA) is 92.5 Å². The highest BCUT2D eigenvalue weighted by molar-refractivity contribution is 7.89. The molecule has 0 saturated heterocycles. The summed E-state index contributed by atoms with van der Waals surface area (Å²) < 4.78 is 31.5. The number of amides is 1. The van der Waals surface area contributed by atoms with Gasteiger partial charge in [-0.25, -0.2) is 8.42 Å². The van der Waals surface area contributed by atoms with Crippen LogP contribution in [0.3, 0.4) is 0 Å². The molecule has 8 heteroatoms. The van der Waals surface area contributed by atoms with Crippen molar-refractivity contribution in [3.8, 4) is 0 Å². The molecule has 1 aromatic carbocycles. The van der Waals surface area contributed by atoms with Gasteiger partial charge in [0.1, 0.15) is 6.26 Å². The fraction of sp³-hybridized carbons (Fsp3) is 0.333. The molecule has 1 N–H and O–H groups in total. The van der Waals surface area contributed by atoms with Gasteiger partial charge in [-0.05, 0) is 23.1 Å². The minimum Gasteiger partial charge on any atom is -0.363 e. The van der Waals surface area contributed by atoms with Gasteiger partial charge in [0.25, 0.3) is 0 Å². The number of carbonyl (C=O) groups excluding carboxylic acids is 1. The lowest BCUT2D eigenvalue weighted by Crippen LogP contribution is -2.38. The average Bonchev–Trinajstić information content (AvgIpc) is 3.06. The summed E-state index contributed by atoms with van der Waals surface area (Å²) >= 11 is 0. The van der Waals surface area contributed by atoms with E-state index in [1.165, 1.54) is 18.4 Å². The van der Waals surface area contributed by atoms with Crippen LogP contribution in [0.4, 0.5) is 5.82 Å². The second kappa shape index (κ2) is 7.84. The van der Waals surface area contributed by atoms with Crippen molar-refractivity contribution in [1.82, 2.24) is 9.46 Å². The quantitative estimate of drug-likeness (QED) is 0.749. The summed E-state index contributed by atoms with van der Waals surface area (Å²) in [4.78, 5) is 12.3. The molecule has 0 aliphatic heterocycles. The van der Waals surface area contributed by atoms with Crippen LogP contribution in [0.15, 0.2) is 58.7 Å². The number of sulfonamides is 1. The summed E-state index contributed by atoms with van der Waals surface area (Å²) in [5.41, 5.74) is 0.941. The number of nitrogens with one attached hydrogen (secondary N) is 1. The molecule has 1 amide bonds. The minimum absolute atomic E-state index is 0.00951. The molecule has 0 aliphatic rings. The molecule has 7 nitrogen and oxygen atoms in total. The van der Waals surface area contributed by atoms with E-state index in [9.17, 15) is 13.2 Å². The third-order valence-electron chi connectivity index (χ3n) is 3.72. The molecule has 0 radical (unpaired) electrons. The van der Waals surface area contributed by atoms with Crippen molar-refractivity contribution in [3.63, 3.8) is 0 Å². The van der Waals surface area contributed by atoms with Crippen molar-refractivity contribution in [1.29, 1.82) is 0 Å². The molecule has 140 valence electrons. The number of carbonyl (C=O) groups is 1. The highest BCUT2D eigenvalue weighted by atomic mass is 32.2. The lowest BCUT2D eigenvalue weighted by molar-refractivity contribution is -0.116. The zero-order chi connectivity index (χ0) is 19.4. The first-order valence-electron chi connectivity index (χ1n) is 8.06. The van der Waals surface area contributed by atoms with Gasteiger partial charge in [-0.1, -0.05) is 44.1 Å². The molecule has 2 rings (SSSR count). The fourth-order valence-corrected chi connectivity index (χ4v) is 3.65. The molecule has 2 aromatic rings. The Kier molecular flexibility index (Phi) is 5.99. The molecule has 0 bridgehead atoms. The van der Waals surface area contributed by atoms with E-state index < -0.39 is 15.9 Å². The van der Waals surface area contributed by atoms with E-state index in [2.05, 4.69) is 42.3 Å². The second-order valence-corrected chi connectivity index (χ2v) is 8.73. The van der Waals surface area contributed by atoms with Gasteiger partial charge in [0.05, 0.1) is 11.4 Å². The van der Waals surface area contributed by atoms with E-state index in [-0.39, 0.29) is 29.2 Å². The maximum atomic E-state index is 12.9.